The van der Waals surface area contributed by atoms with Crippen LogP contribution in [-0.2, 0) is 114 Å². The lowest BCUT2D eigenvalue weighted by atomic mass is 9.95. The number of anilines is 1. The van der Waals surface area contributed by atoms with E-state index in [4.69, 9.17) is 71.1 Å². The van der Waals surface area contributed by atoms with E-state index in [9.17, 15) is 47.9 Å². The van der Waals surface area contributed by atoms with Gasteiger partial charge in [0, 0.05) is 74.9 Å². The number of carbonyl (C=O) groups excluding carboxylic acids is 10. The molecular weight excluding hydrogens is 930 g/mol. The van der Waals surface area contributed by atoms with Gasteiger partial charge in [0.2, 0.25) is 18.3 Å². The van der Waals surface area contributed by atoms with Crippen LogP contribution in [0.15, 0.2) is 24.3 Å². The molecule has 69 heavy (non-hydrogen) atoms. The number of ether oxygens (including phenoxy) is 15. The van der Waals surface area contributed by atoms with Crippen LogP contribution in [0.4, 0.5) is 5.69 Å². The van der Waals surface area contributed by atoms with Crippen LogP contribution in [0.1, 0.15) is 69.2 Å². The van der Waals surface area contributed by atoms with Crippen LogP contribution in [0.25, 0.3) is 0 Å². The lowest BCUT2D eigenvalue weighted by Crippen LogP contribution is -2.68. The fraction of sp³-hybridized carbons (Fsp3) is 0.628. The third kappa shape index (κ3) is 16.6. The van der Waals surface area contributed by atoms with Gasteiger partial charge in [0.25, 0.3) is 0 Å². The minimum absolute atomic E-state index is 0.157. The van der Waals surface area contributed by atoms with Crippen LogP contribution in [-0.4, -0.2) is 165 Å². The second kappa shape index (κ2) is 25.2. The Morgan fingerprint density at radius 2 is 0.826 bits per heavy atom. The highest BCUT2D eigenvalue weighted by Gasteiger charge is 2.59. The summed E-state index contributed by atoms with van der Waals surface area (Å²) in [7, 11) is 0. The van der Waals surface area contributed by atoms with E-state index in [2.05, 4.69) is 5.32 Å². The second-order valence-corrected chi connectivity index (χ2v) is 15.5. The Morgan fingerprint density at radius 1 is 0.449 bits per heavy atom. The summed E-state index contributed by atoms with van der Waals surface area (Å²) in [6.45, 7) is 8.54. The molecular formula is C43H55NO25. The first kappa shape index (κ1) is 55.1. The summed E-state index contributed by atoms with van der Waals surface area (Å²) >= 11 is 0. The molecule has 14 atom stereocenters. The Balaban J connectivity index is 1.85. The quantitative estimate of drug-likeness (QED) is 0.152. The maximum atomic E-state index is 13.0. The van der Waals surface area contributed by atoms with Crippen molar-refractivity contribution in [3.05, 3.63) is 24.3 Å². The monoisotopic (exact) mass is 985 g/mol. The van der Waals surface area contributed by atoms with E-state index in [1.54, 1.807) is 0 Å². The summed E-state index contributed by atoms with van der Waals surface area (Å²) in [5, 5.41) is 2.60. The van der Waals surface area contributed by atoms with Crippen molar-refractivity contribution in [1.29, 1.82) is 0 Å². The minimum Gasteiger partial charge on any atom is -0.463 e. The molecule has 1 N–H and O–H groups in total. The van der Waals surface area contributed by atoms with E-state index in [1.807, 2.05) is 0 Å². The zero-order chi connectivity index (χ0) is 51.3. The zero-order valence-electron chi connectivity index (χ0n) is 39.2. The molecule has 3 aliphatic rings. The average molecular weight is 986 g/mol. The summed E-state index contributed by atoms with van der Waals surface area (Å²) in [6, 6.07) is 5.97. The molecule has 26 nitrogen and oxygen atoms in total. The summed E-state index contributed by atoms with van der Waals surface area (Å²) < 4.78 is 86.7. The molecule has 382 valence electrons. The molecule has 0 aliphatic carbocycles. The second-order valence-electron chi connectivity index (χ2n) is 15.5. The number of hydrogen-bond acceptors (Lipinski definition) is 25. The largest absolute Gasteiger partial charge is 0.463 e. The van der Waals surface area contributed by atoms with Gasteiger partial charge in [-0.25, -0.2) is 0 Å². The van der Waals surface area contributed by atoms with Gasteiger partial charge in [-0.2, -0.15) is 0 Å². The van der Waals surface area contributed by atoms with Gasteiger partial charge in [-0.1, -0.05) is 0 Å². The van der Waals surface area contributed by atoms with Gasteiger partial charge in [0.05, 0.1) is 6.61 Å². The zero-order valence-corrected chi connectivity index (χ0v) is 39.2. The lowest BCUT2D eigenvalue weighted by Gasteiger charge is -2.49. The van der Waals surface area contributed by atoms with Crippen LogP contribution in [0.5, 0.6) is 5.75 Å². The Labute approximate surface area is 394 Å². The van der Waals surface area contributed by atoms with Gasteiger partial charge in [-0.15, -0.1) is 0 Å². The number of carbonyl (C=O) groups is 10. The van der Waals surface area contributed by atoms with Crippen molar-refractivity contribution in [2.24, 2.45) is 0 Å². The molecule has 3 fully saturated rings. The normalized spacial score (nSPS) is 29.6. The van der Waals surface area contributed by atoms with Gasteiger partial charge in [-0.3, -0.25) is 47.9 Å². The first-order valence-electron chi connectivity index (χ1n) is 21.2. The Morgan fingerprint density at radius 3 is 1.26 bits per heavy atom. The molecule has 26 heteroatoms. The van der Waals surface area contributed by atoms with E-state index in [0.29, 0.717) is 5.69 Å². The van der Waals surface area contributed by atoms with E-state index < -0.39 is 160 Å². The number of esters is 9. The molecule has 0 aromatic heterocycles. The van der Waals surface area contributed by atoms with Gasteiger partial charge < -0.3 is 76.4 Å². The first-order valence-corrected chi connectivity index (χ1v) is 21.2. The van der Waals surface area contributed by atoms with Crippen LogP contribution in [0, 0.1) is 0 Å². The summed E-state index contributed by atoms with van der Waals surface area (Å²) in [5.41, 5.74) is 0.427. The van der Waals surface area contributed by atoms with E-state index in [-0.39, 0.29) is 11.7 Å². The standard InChI is InChI=1S/C43H55NO25/c1-18(45)44-28-11-13-29(14-12-28)65-41-38(62-25(8)52)35(60-23(6)50)32(17-57-41)67-42-40(64-27(10)54)37(34(59-22(5)49)31(66-42)16-56-20(3)47)69-43-39(63-26(9)53)36(61-24(7)51)33(58-21(4)48)30(68-43)15-55-19(2)46/h11-14,30-43H,15-17H2,1-10H3,(H,44,45)/t30-,31-,32-,33+,34+,35+,36+,37+,38-,39-,40-,41+,42+,43+/m1/s1. The Bertz CT molecular complexity index is 2040. The fourth-order valence-corrected chi connectivity index (χ4v) is 7.32. The number of rotatable bonds is 18. The lowest BCUT2D eigenvalue weighted by molar-refractivity contribution is -0.373. The molecule has 3 heterocycles. The molecule has 3 saturated heterocycles. The highest BCUT2D eigenvalue weighted by atomic mass is 16.8. The number of hydrogen-bond donors (Lipinski definition) is 1. The van der Waals surface area contributed by atoms with Crippen LogP contribution >= 0.6 is 0 Å². The number of nitrogens with one attached hydrogen (secondary N) is 1. The van der Waals surface area contributed by atoms with Crippen molar-refractivity contribution in [1.82, 2.24) is 0 Å². The average Bonchev–Trinajstić information content (AvgIpc) is 3.22. The summed E-state index contributed by atoms with van der Waals surface area (Å²) in [5.74, 6) is -8.55. The summed E-state index contributed by atoms with van der Waals surface area (Å²) in [4.78, 5) is 125. The van der Waals surface area contributed by atoms with Crippen LogP contribution < -0.4 is 10.1 Å². The molecule has 0 radical (unpaired) electrons. The first-order chi connectivity index (χ1) is 32.4. The minimum atomic E-state index is -2.00. The predicted octanol–water partition coefficient (Wildman–Crippen LogP) is 0.248. The van der Waals surface area contributed by atoms with Crippen molar-refractivity contribution in [2.75, 3.05) is 25.1 Å². The van der Waals surface area contributed by atoms with Crippen molar-refractivity contribution in [3.8, 4) is 5.75 Å². The molecule has 3 aliphatic heterocycles. The third-order valence-corrected chi connectivity index (χ3v) is 9.61. The van der Waals surface area contributed by atoms with Crippen molar-refractivity contribution >= 4 is 65.3 Å². The molecule has 4 rings (SSSR count). The topological polar surface area (TPSA) is 321 Å². The van der Waals surface area contributed by atoms with E-state index >= 15 is 0 Å². The van der Waals surface area contributed by atoms with Gasteiger partial charge in [-0.05, 0) is 24.3 Å². The highest BCUT2D eigenvalue weighted by molar-refractivity contribution is 5.88. The maximum absolute atomic E-state index is 13.0. The van der Waals surface area contributed by atoms with Crippen LogP contribution in [0.2, 0.25) is 0 Å². The maximum Gasteiger partial charge on any atom is 0.303 e. The number of benzene rings is 1. The van der Waals surface area contributed by atoms with Gasteiger partial charge in [0.1, 0.15) is 43.4 Å². The third-order valence-electron chi connectivity index (χ3n) is 9.61. The molecule has 0 saturated carbocycles. The predicted molar refractivity (Wildman–Crippen MR) is 220 cm³/mol. The highest BCUT2D eigenvalue weighted by Crippen LogP contribution is 2.37. The smallest absolute Gasteiger partial charge is 0.303 e. The molecule has 0 bridgehead atoms. The molecule has 1 aromatic rings. The fourth-order valence-electron chi connectivity index (χ4n) is 7.32. The van der Waals surface area contributed by atoms with Gasteiger partial charge in [0.15, 0.2) is 49.2 Å². The molecule has 1 aromatic carbocycles. The molecule has 0 spiro atoms. The Kier molecular flexibility index (Phi) is 20.1. The van der Waals surface area contributed by atoms with E-state index in [0.717, 1.165) is 62.3 Å². The van der Waals surface area contributed by atoms with Crippen molar-refractivity contribution in [2.45, 2.75) is 155 Å². The summed E-state index contributed by atoms with van der Waals surface area (Å²) in [6.07, 6.45) is -24.1. The molecule has 0 unspecified atom stereocenters. The Hall–Kier alpha value is -6.48. The SMILES string of the molecule is CC(=O)Nc1ccc(O[C@@H]2OC[C@@H](O[C@@H]3O[C@H](COC(C)=O)[C@H](OC(C)=O)[C@H](O[C@@H]4O[C@H](COC(C)=O)[C@H](OC(C)=O)[C@H](OC(C)=O)[C@H]4OC(C)=O)[C@H]3OC(C)=O)[C@H](OC(C)=O)[C@H]2OC(C)=O)cc1. The van der Waals surface area contributed by atoms with Gasteiger partial charge >= 0.3 is 53.7 Å². The van der Waals surface area contributed by atoms with E-state index in [1.165, 1.54) is 31.2 Å². The number of amides is 1. The van der Waals surface area contributed by atoms with Crippen LogP contribution in [0.3, 0.4) is 0 Å². The van der Waals surface area contributed by atoms with Crippen molar-refractivity contribution in [3.63, 3.8) is 0 Å². The van der Waals surface area contributed by atoms with Crippen molar-refractivity contribution < 1.29 is 119 Å². The molecule has 1 amide bonds.